The summed E-state index contributed by atoms with van der Waals surface area (Å²) in [6.07, 6.45) is 7.71. The van der Waals surface area contributed by atoms with Gasteiger partial charge in [0.25, 0.3) is 0 Å². The minimum Gasteiger partial charge on any atom is -0.374 e. The number of hydrogen-bond acceptors (Lipinski definition) is 4. The molecule has 0 amide bonds. The van der Waals surface area contributed by atoms with Crippen LogP contribution in [0.4, 0.5) is 0 Å². The molecule has 0 spiro atoms. The van der Waals surface area contributed by atoms with Gasteiger partial charge in [-0.25, -0.2) is 0 Å². The second-order valence-corrected chi connectivity index (χ2v) is 7.86. The maximum absolute atomic E-state index is 5.65. The van der Waals surface area contributed by atoms with Crippen molar-refractivity contribution < 1.29 is 13.3 Å². The molecule has 20 heavy (non-hydrogen) atoms. The van der Waals surface area contributed by atoms with Crippen LogP contribution in [0, 0.1) is 0 Å². The highest BCUT2D eigenvalue weighted by Crippen LogP contribution is 2.17. The SMILES string of the molecule is CCC[Si](OCC)(OCC)OCC.NC1CCCCC1. The summed E-state index contributed by atoms with van der Waals surface area (Å²) in [5.41, 5.74) is 5.63. The zero-order chi connectivity index (χ0) is 15.3. The maximum atomic E-state index is 5.65. The first-order valence-corrected chi connectivity index (χ1v) is 10.2. The van der Waals surface area contributed by atoms with Crippen LogP contribution in [0.5, 0.6) is 0 Å². The molecule has 1 aliphatic rings. The molecule has 1 fully saturated rings. The van der Waals surface area contributed by atoms with Gasteiger partial charge in [-0.1, -0.05) is 32.6 Å². The van der Waals surface area contributed by atoms with Gasteiger partial charge in [0.05, 0.1) is 0 Å². The normalized spacial score (nSPS) is 16.6. The van der Waals surface area contributed by atoms with Crippen LogP contribution in [-0.4, -0.2) is 34.7 Å². The maximum Gasteiger partial charge on any atom is 0.500 e. The molecular formula is C15H35NO3Si. The van der Waals surface area contributed by atoms with Crippen LogP contribution in [0.15, 0.2) is 0 Å². The standard InChI is InChI=1S/C9H22O3Si.C6H13N/c1-5-9-13(10-6-2,11-7-3)12-8-4;7-6-4-2-1-3-5-6/h5-9H2,1-4H3;6H,1-5,7H2. The third-order valence-electron chi connectivity index (χ3n) is 3.30. The average molecular weight is 306 g/mol. The molecule has 1 rings (SSSR count). The van der Waals surface area contributed by atoms with Crippen molar-refractivity contribution in [3.63, 3.8) is 0 Å². The van der Waals surface area contributed by atoms with Gasteiger partial charge < -0.3 is 19.0 Å². The minimum absolute atomic E-state index is 0.536. The first kappa shape index (κ1) is 20.1. The van der Waals surface area contributed by atoms with Gasteiger partial charge in [0.1, 0.15) is 0 Å². The zero-order valence-corrected chi connectivity index (χ0v) is 15.0. The summed E-state index contributed by atoms with van der Waals surface area (Å²) < 4.78 is 16.9. The van der Waals surface area contributed by atoms with Crippen molar-refractivity contribution in [1.82, 2.24) is 0 Å². The van der Waals surface area contributed by atoms with Crippen molar-refractivity contribution in [3.8, 4) is 0 Å². The smallest absolute Gasteiger partial charge is 0.374 e. The predicted molar refractivity (Wildman–Crippen MR) is 86.8 cm³/mol. The highest BCUT2D eigenvalue weighted by molar-refractivity contribution is 6.60. The van der Waals surface area contributed by atoms with Crippen LogP contribution >= 0.6 is 0 Å². The lowest BCUT2D eigenvalue weighted by Gasteiger charge is -2.27. The van der Waals surface area contributed by atoms with Crippen molar-refractivity contribution in [3.05, 3.63) is 0 Å². The largest absolute Gasteiger partial charge is 0.500 e. The highest BCUT2D eigenvalue weighted by Gasteiger charge is 2.38. The molecule has 0 radical (unpaired) electrons. The lowest BCUT2D eigenvalue weighted by Crippen LogP contribution is -2.45. The predicted octanol–water partition coefficient (Wildman–Crippen LogP) is 3.72. The van der Waals surface area contributed by atoms with E-state index in [-0.39, 0.29) is 0 Å². The first-order chi connectivity index (χ1) is 9.64. The third kappa shape index (κ3) is 9.08. The van der Waals surface area contributed by atoms with E-state index in [1.54, 1.807) is 0 Å². The zero-order valence-electron chi connectivity index (χ0n) is 14.0. The molecule has 0 atom stereocenters. The van der Waals surface area contributed by atoms with E-state index in [1.165, 1.54) is 32.1 Å². The Kier molecular flexibility index (Phi) is 12.8. The molecule has 4 nitrogen and oxygen atoms in total. The molecule has 0 aromatic carbocycles. The van der Waals surface area contributed by atoms with Gasteiger partial charge in [0.2, 0.25) is 0 Å². The van der Waals surface area contributed by atoms with Crippen LogP contribution in [0.3, 0.4) is 0 Å². The molecule has 0 unspecified atom stereocenters. The first-order valence-electron chi connectivity index (χ1n) is 8.31. The second-order valence-electron chi connectivity index (χ2n) is 5.13. The fraction of sp³-hybridized carbons (Fsp3) is 1.00. The van der Waals surface area contributed by atoms with E-state index < -0.39 is 8.80 Å². The Balaban J connectivity index is 0.000000428. The molecule has 5 heteroatoms. The molecular weight excluding hydrogens is 270 g/mol. The Hall–Kier alpha value is 0.0569. The van der Waals surface area contributed by atoms with Crippen molar-refractivity contribution >= 4 is 8.80 Å². The van der Waals surface area contributed by atoms with Crippen LogP contribution in [0.1, 0.15) is 66.2 Å². The molecule has 0 aromatic rings. The molecule has 0 aromatic heterocycles. The van der Waals surface area contributed by atoms with Gasteiger partial charge in [-0.15, -0.1) is 0 Å². The summed E-state index contributed by atoms with van der Waals surface area (Å²) in [6, 6.07) is 1.46. The van der Waals surface area contributed by atoms with E-state index in [0.717, 1.165) is 12.5 Å². The average Bonchev–Trinajstić information content (AvgIpc) is 2.41. The number of hydrogen-bond donors (Lipinski definition) is 1. The molecule has 122 valence electrons. The Morgan fingerprint density at radius 2 is 1.30 bits per heavy atom. The van der Waals surface area contributed by atoms with E-state index in [4.69, 9.17) is 19.0 Å². The minimum atomic E-state index is -2.30. The van der Waals surface area contributed by atoms with Crippen molar-refractivity contribution in [2.75, 3.05) is 19.8 Å². The third-order valence-corrected chi connectivity index (χ3v) is 6.60. The second kappa shape index (κ2) is 12.8. The molecule has 0 bridgehead atoms. The fourth-order valence-electron chi connectivity index (χ4n) is 2.44. The van der Waals surface area contributed by atoms with Gasteiger partial charge in [-0.05, 0) is 33.6 Å². The summed E-state index contributed by atoms with van der Waals surface area (Å²) >= 11 is 0. The lowest BCUT2D eigenvalue weighted by atomic mass is 9.97. The Labute approximate surface area is 126 Å². The monoisotopic (exact) mass is 305 g/mol. The summed E-state index contributed by atoms with van der Waals surface area (Å²) in [4.78, 5) is 0. The summed E-state index contributed by atoms with van der Waals surface area (Å²) in [6.45, 7) is 10.1. The quantitative estimate of drug-likeness (QED) is 0.694. The Morgan fingerprint density at radius 3 is 1.55 bits per heavy atom. The van der Waals surface area contributed by atoms with E-state index in [1.807, 2.05) is 20.8 Å². The lowest BCUT2D eigenvalue weighted by molar-refractivity contribution is 0.0712. The van der Waals surface area contributed by atoms with E-state index >= 15 is 0 Å². The fourth-order valence-corrected chi connectivity index (χ4v) is 5.06. The van der Waals surface area contributed by atoms with Gasteiger partial charge in [0.15, 0.2) is 0 Å². The van der Waals surface area contributed by atoms with Crippen molar-refractivity contribution in [1.29, 1.82) is 0 Å². The van der Waals surface area contributed by atoms with Gasteiger partial charge in [-0.2, -0.15) is 0 Å². The Morgan fingerprint density at radius 1 is 0.850 bits per heavy atom. The number of nitrogens with two attached hydrogens (primary N) is 1. The van der Waals surface area contributed by atoms with E-state index in [9.17, 15) is 0 Å². The van der Waals surface area contributed by atoms with Crippen LogP contribution < -0.4 is 5.73 Å². The topological polar surface area (TPSA) is 53.7 Å². The Bertz CT molecular complexity index is 182. The van der Waals surface area contributed by atoms with E-state index in [0.29, 0.717) is 25.9 Å². The molecule has 1 saturated carbocycles. The van der Waals surface area contributed by atoms with Crippen LogP contribution in [-0.2, 0) is 13.3 Å². The number of rotatable bonds is 8. The van der Waals surface area contributed by atoms with Gasteiger partial charge in [0, 0.05) is 31.9 Å². The molecule has 2 N–H and O–H groups in total. The van der Waals surface area contributed by atoms with Gasteiger partial charge in [-0.3, -0.25) is 0 Å². The molecule has 0 saturated heterocycles. The molecule has 1 aliphatic carbocycles. The van der Waals surface area contributed by atoms with Crippen LogP contribution in [0.2, 0.25) is 6.04 Å². The highest BCUT2D eigenvalue weighted by atomic mass is 28.4. The molecule has 0 heterocycles. The summed E-state index contributed by atoms with van der Waals surface area (Å²) in [5, 5.41) is 0. The summed E-state index contributed by atoms with van der Waals surface area (Å²) in [7, 11) is -2.30. The van der Waals surface area contributed by atoms with Crippen LogP contribution in [0.25, 0.3) is 0 Å². The van der Waals surface area contributed by atoms with Crippen molar-refractivity contribution in [2.24, 2.45) is 5.73 Å². The summed E-state index contributed by atoms with van der Waals surface area (Å²) in [5.74, 6) is 0. The van der Waals surface area contributed by atoms with E-state index in [2.05, 4.69) is 6.92 Å². The van der Waals surface area contributed by atoms with Crippen molar-refractivity contribution in [2.45, 2.75) is 78.3 Å². The van der Waals surface area contributed by atoms with Gasteiger partial charge >= 0.3 is 8.80 Å². The molecule has 0 aliphatic heterocycles.